The van der Waals surface area contributed by atoms with Crippen LogP contribution < -0.4 is 4.80 Å². The normalized spacial score (nSPS) is 15.6. The molecule has 1 aliphatic rings. The lowest BCUT2D eigenvalue weighted by Crippen LogP contribution is -2.40. The minimum absolute atomic E-state index is 0.261. The quantitative estimate of drug-likeness (QED) is 0.337. The molecule has 34 heavy (non-hydrogen) atoms. The second-order valence-corrected chi connectivity index (χ2v) is 11.3. The molecule has 2 aromatic carbocycles. The number of rotatable bonds is 6. The minimum atomic E-state index is -3.54. The SMILES string of the molecule is O=S(=O)(c1ccc(N=c2scc(-c3ccccc3Br)n2Cc2ccco2)cc1)N1CCOCC1. The van der Waals surface area contributed by atoms with Crippen molar-refractivity contribution in [2.24, 2.45) is 4.99 Å². The standard InChI is InChI=1S/C24H22BrN3O4S2/c25-22-6-2-1-5-21(22)23-17-33-24(28(23)16-19-4-3-13-32-19)26-18-7-9-20(10-8-18)34(29,30)27-11-14-31-15-12-27/h1-10,13,17H,11-12,14-16H2. The first-order valence-corrected chi connectivity index (χ1v) is 13.8. The van der Waals surface area contributed by atoms with Gasteiger partial charge in [-0.2, -0.15) is 4.31 Å². The van der Waals surface area contributed by atoms with E-state index >= 15 is 0 Å². The summed E-state index contributed by atoms with van der Waals surface area (Å²) in [5.74, 6) is 0.820. The molecule has 0 N–H and O–H groups in total. The molecule has 10 heteroatoms. The van der Waals surface area contributed by atoms with Crippen LogP contribution in [0.4, 0.5) is 5.69 Å². The predicted octanol–water partition coefficient (Wildman–Crippen LogP) is 4.87. The van der Waals surface area contributed by atoms with Gasteiger partial charge in [0, 0.05) is 28.5 Å². The van der Waals surface area contributed by atoms with E-state index in [9.17, 15) is 8.42 Å². The van der Waals surface area contributed by atoms with Crippen LogP contribution in [0.3, 0.4) is 0 Å². The van der Waals surface area contributed by atoms with E-state index in [4.69, 9.17) is 14.1 Å². The van der Waals surface area contributed by atoms with Crippen LogP contribution in [-0.2, 0) is 21.3 Å². The van der Waals surface area contributed by atoms with Crippen molar-refractivity contribution in [2.75, 3.05) is 26.3 Å². The monoisotopic (exact) mass is 559 g/mol. The van der Waals surface area contributed by atoms with Gasteiger partial charge in [0.05, 0.1) is 42.3 Å². The first-order valence-electron chi connectivity index (χ1n) is 10.7. The summed E-state index contributed by atoms with van der Waals surface area (Å²) in [5.41, 5.74) is 2.74. The molecule has 0 atom stereocenters. The van der Waals surface area contributed by atoms with E-state index in [0.717, 1.165) is 26.3 Å². The zero-order chi connectivity index (χ0) is 23.5. The van der Waals surface area contributed by atoms with E-state index in [2.05, 4.69) is 31.9 Å². The molecular formula is C24H22BrN3O4S2. The second-order valence-electron chi connectivity index (χ2n) is 7.67. The molecular weight excluding hydrogens is 538 g/mol. The van der Waals surface area contributed by atoms with E-state index in [1.54, 1.807) is 30.5 Å². The molecule has 176 valence electrons. The largest absolute Gasteiger partial charge is 0.467 e. The van der Waals surface area contributed by atoms with Gasteiger partial charge in [-0.15, -0.1) is 11.3 Å². The van der Waals surface area contributed by atoms with Crippen molar-refractivity contribution in [3.05, 3.63) is 87.3 Å². The van der Waals surface area contributed by atoms with E-state index in [-0.39, 0.29) is 4.90 Å². The van der Waals surface area contributed by atoms with E-state index in [1.165, 1.54) is 15.6 Å². The summed E-state index contributed by atoms with van der Waals surface area (Å²) in [4.78, 5) is 5.87. The zero-order valence-corrected chi connectivity index (χ0v) is 21.4. The number of thiazole rings is 1. The van der Waals surface area contributed by atoms with Crippen LogP contribution in [0.1, 0.15) is 5.76 Å². The summed E-state index contributed by atoms with van der Waals surface area (Å²) in [6.07, 6.45) is 1.66. The summed E-state index contributed by atoms with van der Waals surface area (Å²) < 4.78 is 41.2. The lowest BCUT2D eigenvalue weighted by atomic mass is 10.2. The first kappa shape index (κ1) is 23.3. The van der Waals surface area contributed by atoms with Gasteiger partial charge in [-0.3, -0.25) is 0 Å². The number of nitrogens with zero attached hydrogens (tertiary/aromatic N) is 3. The maximum atomic E-state index is 12.9. The number of ether oxygens (including phenoxy) is 1. The van der Waals surface area contributed by atoms with Crippen LogP contribution in [0.15, 0.2) is 91.1 Å². The third-order valence-corrected chi connectivity index (χ3v) is 8.98. The highest BCUT2D eigenvalue weighted by molar-refractivity contribution is 9.10. The van der Waals surface area contributed by atoms with E-state index < -0.39 is 10.0 Å². The predicted molar refractivity (Wildman–Crippen MR) is 134 cm³/mol. The van der Waals surface area contributed by atoms with Gasteiger partial charge in [0.1, 0.15) is 5.76 Å². The summed E-state index contributed by atoms with van der Waals surface area (Å²) in [7, 11) is -3.54. The van der Waals surface area contributed by atoms with Gasteiger partial charge < -0.3 is 13.7 Å². The summed E-state index contributed by atoms with van der Waals surface area (Å²) in [6.45, 7) is 2.10. The molecule has 0 aliphatic carbocycles. The Hall–Kier alpha value is -2.50. The Balaban J connectivity index is 1.51. The summed E-state index contributed by atoms with van der Waals surface area (Å²) in [6, 6.07) is 18.5. The molecule has 0 spiro atoms. The van der Waals surface area contributed by atoms with Crippen molar-refractivity contribution in [3.8, 4) is 11.3 Å². The Bertz CT molecular complexity index is 1440. The number of aromatic nitrogens is 1. The average Bonchev–Trinajstić information content (AvgIpc) is 3.51. The van der Waals surface area contributed by atoms with Crippen molar-refractivity contribution in [1.82, 2.24) is 8.87 Å². The van der Waals surface area contributed by atoms with E-state index in [1.807, 2.05) is 30.3 Å². The molecule has 7 nitrogen and oxygen atoms in total. The molecule has 3 heterocycles. The maximum absolute atomic E-state index is 12.9. The maximum Gasteiger partial charge on any atom is 0.243 e. The molecule has 5 rings (SSSR count). The van der Waals surface area contributed by atoms with Crippen LogP contribution in [-0.4, -0.2) is 43.6 Å². The molecule has 0 saturated carbocycles. The van der Waals surface area contributed by atoms with Crippen molar-refractivity contribution < 1.29 is 17.6 Å². The van der Waals surface area contributed by atoms with E-state index in [0.29, 0.717) is 38.5 Å². The lowest BCUT2D eigenvalue weighted by molar-refractivity contribution is 0.0730. The number of hydrogen-bond acceptors (Lipinski definition) is 6. The zero-order valence-electron chi connectivity index (χ0n) is 18.1. The third-order valence-electron chi connectivity index (χ3n) is 5.51. The second kappa shape index (κ2) is 10.0. The molecule has 1 aliphatic heterocycles. The molecule has 2 aromatic heterocycles. The van der Waals surface area contributed by atoms with Crippen LogP contribution in [0.5, 0.6) is 0 Å². The van der Waals surface area contributed by atoms with Gasteiger partial charge in [-0.1, -0.05) is 34.1 Å². The highest BCUT2D eigenvalue weighted by Gasteiger charge is 2.26. The first-order chi connectivity index (χ1) is 16.5. The Morgan fingerprint density at radius 3 is 2.47 bits per heavy atom. The van der Waals surface area contributed by atoms with Gasteiger partial charge in [0.2, 0.25) is 10.0 Å². The smallest absolute Gasteiger partial charge is 0.243 e. The molecule has 4 aromatic rings. The van der Waals surface area contributed by atoms with Gasteiger partial charge >= 0.3 is 0 Å². The Kier molecular flexibility index (Phi) is 6.84. The fourth-order valence-electron chi connectivity index (χ4n) is 3.75. The average molecular weight is 560 g/mol. The highest BCUT2D eigenvalue weighted by Crippen LogP contribution is 2.29. The highest BCUT2D eigenvalue weighted by atomic mass is 79.9. The number of sulfonamides is 1. The van der Waals surface area contributed by atoms with Crippen molar-refractivity contribution in [1.29, 1.82) is 0 Å². The number of furan rings is 1. The summed E-state index contributed by atoms with van der Waals surface area (Å²) in [5, 5.41) is 2.07. The van der Waals surface area contributed by atoms with Crippen LogP contribution in [0.2, 0.25) is 0 Å². The molecule has 0 radical (unpaired) electrons. The van der Waals surface area contributed by atoms with Crippen molar-refractivity contribution >= 4 is 43.0 Å². The van der Waals surface area contributed by atoms with Crippen LogP contribution >= 0.6 is 27.3 Å². The number of hydrogen-bond donors (Lipinski definition) is 0. The molecule has 1 saturated heterocycles. The topological polar surface area (TPSA) is 77.0 Å². The minimum Gasteiger partial charge on any atom is -0.467 e. The Morgan fingerprint density at radius 2 is 1.76 bits per heavy atom. The Labute approximate surface area is 210 Å². The number of benzene rings is 2. The molecule has 0 unspecified atom stereocenters. The Morgan fingerprint density at radius 1 is 1.00 bits per heavy atom. The van der Waals surface area contributed by atoms with Gasteiger partial charge in [0.15, 0.2) is 4.80 Å². The van der Waals surface area contributed by atoms with Crippen LogP contribution in [0, 0.1) is 0 Å². The van der Waals surface area contributed by atoms with Crippen molar-refractivity contribution in [2.45, 2.75) is 11.4 Å². The van der Waals surface area contributed by atoms with Gasteiger partial charge in [0.25, 0.3) is 0 Å². The fraction of sp³-hybridized carbons (Fsp3) is 0.208. The lowest BCUT2D eigenvalue weighted by Gasteiger charge is -2.26. The van der Waals surface area contributed by atoms with Crippen molar-refractivity contribution in [3.63, 3.8) is 0 Å². The molecule has 0 amide bonds. The number of halogens is 1. The summed E-state index contributed by atoms with van der Waals surface area (Å²) >= 11 is 5.17. The third kappa shape index (κ3) is 4.82. The number of morpholine rings is 1. The molecule has 0 bridgehead atoms. The molecule has 1 fully saturated rings. The van der Waals surface area contributed by atoms with Gasteiger partial charge in [-0.05, 0) is 42.5 Å². The van der Waals surface area contributed by atoms with Crippen LogP contribution in [0.25, 0.3) is 11.3 Å². The van der Waals surface area contributed by atoms with Gasteiger partial charge in [-0.25, -0.2) is 13.4 Å². The fourth-order valence-corrected chi connectivity index (χ4v) is 6.57.